The fourth-order valence-electron chi connectivity index (χ4n) is 2.05. The number of hydrogen-bond acceptors (Lipinski definition) is 2. The van der Waals surface area contributed by atoms with Crippen LogP contribution in [0.2, 0.25) is 0 Å². The minimum absolute atomic E-state index is 0.0440. The predicted octanol–water partition coefficient (Wildman–Crippen LogP) is 3.20. The minimum atomic E-state index is -0.945. The van der Waals surface area contributed by atoms with Crippen molar-refractivity contribution in [3.8, 4) is 0 Å². The van der Waals surface area contributed by atoms with Crippen LogP contribution in [0.5, 0.6) is 0 Å². The first-order valence-corrected chi connectivity index (χ1v) is 5.83. The number of aliphatic carboxylic acids is 1. The number of ketones is 1. The minimum Gasteiger partial charge on any atom is -0.481 e. The standard InChI is InChI=1S/C15H14O3/c1-10-6-7-13(14(16)8-9-15(17)18)12-5-3-2-4-11(10)12/h2-7H,8-9H2,1H3,(H,17,18). The van der Waals surface area contributed by atoms with E-state index in [0.717, 1.165) is 16.3 Å². The van der Waals surface area contributed by atoms with E-state index in [-0.39, 0.29) is 18.6 Å². The van der Waals surface area contributed by atoms with Gasteiger partial charge in [-0.15, -0.1) is 0 Å². The van der Waals surface area contributed by atoms with Crippen LogP contribution < -0.4 is 0 Å². The van der Waals surface area contributed by atoms with Crippen LogP contribution in [0.15, 0.2) is 36.4 Å². The molecular formula is C15H14O3. The van der Waals surface area contributed by atoms with Crippen molar-refractivity contribution in [2.45, 2.75) is 19.8 Å². The van der Waals surface area contributed by atoms with Crippen LogP contribution in [0.1, 0.15) is 28.8 Å². The van der Waals surface area contributed by atoms with Crippen LogP contribution in [0.3, 0.4) is 0 Å². The second-order valence-electron chi connectivity index (χ2n) is 4.29. The number of benzene rings is 2. The molecule has 92 valence electrons. The Morgan fingerprint density at radius 2 is 1.67 bits per heavy atom. The van der Waals surface area contributed by atoms with Crippen LogP contribution in [0.25, 0.3) is 10.8 Å². The fraction of sp³-hybridized carbons (Fsp3) is 0.200. The van der Waals surface area contributed by atoms with Gasteiger partial charge < -0.3 is 5.11 Å². The number of fused-ring (bicyclic) bond motifs is 1. The zero-order valence-electron chi connectivity index (χ0n) is 10.1. The molecule has 0 fully saturated rings. The Bertz CT molecular complexity index is 614. The lowest BCUT2D eigenvalue weighted by Crippen LogP contribution is -2.04. The molecule has 0 atom stereocenters. The van der Waals surface area contributed by atoms with E-state index in [2.05, 4.69) is 0 Å². The van der Waals surface area contributed by atoms with Gasteiger partial charge in [0.05, 0.1) is 6.42 Å². The molecule has 2 rings (SSSR count). The Kier molecular flexibility index (Phi) is 3.42. The molecular weight excluding hydrogens is 228 g/mol. The van der Waals surface area contributed by atoms with Gasteiger partial charge in [-0.25, -0.2) is 0 Å². The van der Waals surface area contributed by atoms with E-state index < -0.39 is 5.97 Å². The molecule has 0 unspecified atom stereocenters. The van der Waals surface area contributed by atoms with Crippen molar-refractivity contribution < 1.29 is 14.7 Å². The summed E-state index contributed by atoms with van der Waals surface area (Å²) in [6.07, 6.45) is -0.0799. The van der Waals surface area contributed by atoms with Crippen LogP contribution >= 0.6 is 0 Å². The molecule has 2 aromatic rings. The molecule has 0 aliphatic heterocycles. The smallest absolute Gasteiger partial charge is 0.303 e. The summed E-state index contributed by atoms with van der Waals surface area (Å²) in [6.45, 7) is 1.99. The zero-order chi connectivity index (χ0) is 13.1. The zero-order valence-corrected chi connectivity index (χ0v) is 10.1. The summed E-state index contributed by atoms with van der Waals surface area (Å²) in [4.78, 5) is 22.5. The van der Waals surface area contributed by atoms with Gasteiger partial charge in [-0.05, 0) is 23.3 Å². The van der Waals surface area contributed by atoms with E-state index in [4.69, 9.17) is 5.11 Å². The topological polar surface area (TPSA) is 54.4 Å². The molecule has 0 heterocycles. The average molecular weight is 242 g/mol. The maximum atomic E-state index is 12.0. The molecule has 0 bridgehead atoms. The van der Waals surface area contributed by atoms with Gasteiger partial charge in [-0.1, -0.05) is 36.4 Å². The highest BCUT2D eigenvalue weighted by atomic mass is 16.4. The van der Waals surface area contributed by atoms with Gasteiger partial charge in [-0.2, -0.15) is 0 Å². The maximum Gasteiger partial charge on any atom is 0.303 e. The third kappa shape index (κ3) is 2.40. The molecule has 0 radical (unpaired) electrons. The van der Waals surface area contributed by atoms with E-state index in [9.17, 15) is 9.59 Å². The lowest BCUT2D eigenvalue weighted by Gasteiger charge is -2.07. The summed E-state index contributed by atoms with van der Waals surface area (Å²) < 4.78 is 0. The molecule has 1 N–H and O–H groups in total. The van der Waals surface area contributed by atoms with Crippen molar-refractivity contribution in [2.24, 2.45) is 0 Å². The largest absolute Gasteiger partial charge is 0.481 e. The van der Waals surface area contributed by atoms with Gasteiger partial charge in [0.15, 0.2) is 5.78 Å². The second-order valence-corrected chi connectivity index (χ2v) is 4.29. The van der Waals surface area contributed by atoms with Crippen molar-refractivity contribution in [1.29, 1.82) is 0 Å². The highest BCUT2D eigenvalue weighted by molar-refractivity contribution is 6.09. The number of rotatable bonds is 4. The third-order valence-corrected chi connectivity index (χ3v) is 3.01. The van der Waals surface area contributed by atoms with Crippen LogP contribution in [0, 0.1) is 6.92 Å². The summed E-state index contributed by atoms with van der Waals surface area (Å²) in [5, 5.41) is 10.6. The van der Waals surface area contributed by atoms with E-state index in [0.29, 0.717) is 5.56 Å². The Balaban J connectivity index is 2.42. The van der Waals surface area contributed by atoms with Crippen molar-refractivity contribution in [3.63, 3.8) is 0 Å². The molecule has 0 aromatic heterocycles. The molecule has 0 saturated carbocycles. The molecule has 3 nitrogen and oxygen atoms in total. The van der Waals surface area contributed by atoms with Gasteiger partial charge in [0, 0.05) is 12.0 Å². The van der Waals surface area contributed by atoms with Gasteiger partial charge in [-0.3, -0.25) is 9.59 Å². The molecule has 3 heteroatoms. The number of hydrogen-bond donors (Lipinski definition) is 1. The van der Waals surface area contributed by atoms with Gasteiger partial charge >= 0.3 is 5.97 Å². The SMILES string of the molecule is Cc1ccc(C(=O)CCC(=O)O)c2ccccc12. The van der Waals surface area contributed by atoms with E-state index in [1.54, 1.807) is 6.07 Å². The highest BCUT2D eigenvalue weighted by Gasteiger charge is 2.12. The summed E-state index contributed by atoms with van der Waals surface area (Å²) in [5.74, 6) is -1.06. The first-order chi connectivity index (χ1) is 8.59. The average Bonchev–Trinajstić information content (AvgIpc) is 2.37. The number of carbonyl (C=O) groups excluding carboxylic acids is 1. The Labute approximate surface area is 105 Å². The summed E-state index contributed by atoms with van der Waals surface area (Å²) in [5.41, 5.74) is 1.72. The van der Waals surface area contributed by atoms with E-state index in [1.165, 1.54) is 0 Å². The van der Waals surface area contributed by atoms with E-state index in [1.807, 2.05) is 37.3 Å². The number of Topliss-reactive ketones (excluding diaryl/α,β-unsaturated/α-hetero) is 1. The molecule has 0 aliphatic carbocycles. The molecule has 0 aliphatic rings. The van der Waals surface area contributed by atoms with Crippen LogP contribution in [0.4, 0.5) is 0 Å². The lowest BCUT2D eigenvalue weighted by atomic mass is 9.96. The molecule has 0 saturated heterocycles. The predicted molar refractivity (Wildman–Crippen MR) is 69.9 cm³/mol. The van der Waals surface area contributed by atoms with Crippen molar-refractivity contribution >= 4 is 22.5 Å². The summed E-state index contributed by atoms with van der Waals surface area (Å²) >= 11 is 0. The molecule has 2 aromatic carbocycles. The van der Waals surface area contributed by atoms with Crippen LogP contribution in [-0.4, -0.2) is 16.9 Å². The van der Waals surface area contributed by atoms with Crippen LogP contribution in [-0.2, 0) is 4.79 Å². The molecule has 18 heavy (non-hydrogen) atoms. The quantitative estimate of drug-likeness (QED) is 0.837. The second kappa shape index (κ2) is 5.00. The number of carboxylic acid groups (broad SMARTS) is 1. The number of aryl methyl sites for hydroxylation is 1. The van der Waals surface area contributed by atoms with Crippen molar-refractivity contribution in [3.05, 3.63) is 47.5 Å². The molecule has 0 spiro atoms. The number of carbonyl (C=O) groups is 2. The van der Waals surface area contributed by atoms with Crippen molar-refractivity contribution in [2.75, 3.05) is 0 Å². The van der Waals surface area contributed by atoms with Gasteiger partial charge in [0.25, 0.3) is 0 Å². The highest BCUT2D eigenvalue weighted by Crippen LogP contribution is 2.23. The van der Waals surface area contributed by atoms with Gasteiger partial charge in [0.1, 0.15) is 0 Å². The fourth-order valence-corrected chi connectivity index (χ4v) is 2.05. The van der Waals surface area contributed by atoms with E-state index >= 15 is 0 Å². The summed E-state index contributed by atoms with van der Waals surface area (Å²) in [7, 11) is 0. The van der Waals surface area contributed by atoms with Gasteiger partial charge in [0.2, 0.25) is 0 Å². The summed E-state index contributed by atoms with van der Waals surface area (Å²) in [6, 6.07) is 11.4. The first-order valence-electron chi connectivity index (χ1n) is 5.83. The Morgan fingerprint density at radius 1 is 1.00 bits per heavy atom. The Morgan fingerprint density at radius 3 is 2.33 bits per heavy atom. The lowest BCUT2D eigenvalue weighted by molar-refractivity contribution is -0.136. The molecule has 0 amide bonds. The Hall–Kier alpha value is -2.16. The van der Waals surface area contributed by atoms with Crippen molar-refractivity contribution in [1.82, 2.24) is 0 Å². The third-order valence-electron chi connectivity index (χ3n) is 3.01. The maximum absolute atomic E-state index is 12.0. The number of carboxylic acids is 1. The first kappa shape index (κ1) is 12.3. The monoisotopic (exact) mass is 242 g/mol. The normalized spacial score (nSPS) is 10.5.